The van der Waals surface area contributed by atoms with Crippen molar-refractivity contribution in [1.29, 1.82) is 0 Å². The number of ether oxygens (including phenoxy) is 1. The van der Waals surface area contributed by atoms with Crippen LogP contribution in [0.1, 0.15) is 146 Å². The van der Waals surface area contributed by atoms with Gasteiger partial charge in [0, 0.05) is 30.8 Å². The maximum Gasteiger partial charge on any atom is 0.323 e. The minimum atomic E-state index is -1.56. The molecular weight excluding hydrogens is 662 g/mol. The zero-order valence-corrected chi connectivity index (χ0v) is 31.2. The number of halogens is 4. The molecule has 10 heteroatoms. The highest BCUT2D eigenvalue weighted by atomic mass is 19.2. The van der Waals surface area contributed by atoms with E-state index in [1.54, 1.807) is 25.1 Å². The number of esters is 1. The Balaban J connectivity index is 0.000000404. The first-order chi connectivity index (χ1) is 24.6. The quantitative estimate of drug-likeness (QED) is 0.0544. The molecule has 3 rings (SSSR count). The molecule has 6 nitrogen and oxygen atoms in total. The number of carbonyl (C=O) groups is 2. The maximum absolute atomic E-state index is 14.7. The number of hydrogen-bond acceptors (Lipinski definition) is 5. The lowest BCUT2D eigenvalue weighted by Crippen LogP contribution is -2.49. The van der Waals surface area contributed by atoms with Crippen molar-refractivity contribution >= 4 is 11.9 Å². The lowest BCUT2D eigenvalue weighted by atomic mass is 9.78. The molecule has 1 fully saturated rings. The number of aliphatic hydroxyl groups is 1. The van der Waals surface area contributed by atoms with Gasteiger partial charge in [0.25, 0.3) is 0 Å². The monoisotopic (exact) mass is 723 g/mol. The van der Waals surface area contributed by atoms with Crippen LogP contribution in [0.3, 0.4) is 0 Å². The van der Waals surface area contributed by atoms with Gasteiger partial charge in [0.2, 0.25) is 0 Å². The Labute approximate surface area is 303 Å². The zero-order chi connectivity index (χ0) is 37.6. The van der Waals surface area contributed by atoms with Crippen LogP contribution in [0.5, 0.6) is 0 Å². The van der Waals surface area contributed by atoms with Gasteiger partial charge in [0.1, 0.15) is 0 Å². The average Bonchev–Trinajstić information content (AvgIpc) is 3.12. The molecule has 2 N–H and O–H groups in total. The van der Waals surface area contributed by atoms with E-state index in [0.717, 1.165) is 32.1 Å². The molecule has 1 aliphatic rings. The predicted octanol–water partition coefficient (Wildman–Crippen LogP) is 10.2. The van der Waals surface area contributed by atoms with Crippen molar-refractivity contribution in [2.75, 3.05) is 19.7 Å². The van der Waals surface area contributed by atoms with Crippen LogP contribution in [0.2, 0.25) is 0 Å². The van der Waals surface area contributed by atoms with E-state index in [1.807, 2.05) is 4.90 Å². The maximum atomic E-state index is 14.7. The number of aliphatic carboxylic acids is 1. The molecule has 51 heavy (non-hydrogen) atoms. The van der Waals surface area contributed by atoms with Crippen molar-refractivity contribution in [1.82, 2.24) is 4.90 Å². The zero-order valence-electron chi connectivity index (χ0n) is 31.2. The number of hydrogen-bond donors (Lipinski definition) is 2. The largest absolute Gasteiger partial charge is 0.480 e. The lowest BCUT2D eigenvalue weighted by Gasteiger charge is -2.37. The summed E-state index contributed by atoms with van der Waals surface area (Å²) in [5, 5.41) is 18.4. The number of aliphatic hydroxyl groups excluding tert-OH is 1. The summed E-state index contributed by atoms with van der Waals surface area (Å²) in [7, 11) is 0. The number of benzene rings is 2. The number of aryl methyl sites for hydroxylation is 2. The van der Waals surface area contributed by atoms with Gasteiger partial charge in [-0.05, 0) is 56.6 Å². The number of carboxylic acids is 1. The molecule has 2 aromatic carbocycles. The molecule has 0 bridgehead atoms. The highest BCUT2D eigenvalue weighted by molar-refractivity contribution is 5.99. The van der Waals surface area contributed by atoms with E-state index < -0.39 is 47.2 Å². The van der Waals surface area contributed by atoms with Gasteiger partial charge in [0.05, 0.1) is 13.2 Å². The molecule has 0 saturated carbocycles. The normalized spacial score (nSPS) is 14.2. The summed E-state index contributed by atoms with van der Waals surface area (Å²) in [5.41, 5.74) is -0.448. The Morgan fingerprint density at radius 2 is 1.04 bits per heavy atom. The molecule has 1 heterocycles. The molecule has 1 aliphatic heterocycles. The standard InChI is InChI=1S/C25H37F2NO4.C16H24F2O/c1-3-5-6-7-8-9-10-11-19-12-13-20(22(27)21(19)26)18-28-16-14-25(15-17-28,23(29)30)24(31)32-4-2;1-2-3-4-5-6-7-8-9-13-10-11-14(12-19)16(18)15(13)17/h12-13H,3-11,14-18H2,1-2H3,(H,29,30);10-11,19H,2-9,12H2,1H3. The molecule has 1 saturated heterocycles. The number of nitrogens with zero attached hydrogens (tertiary/aromatic N) is 1. The summed E-state index contributed by atoms with van der Waals surface area (Å²) in [6.45, 7) is 6.44. The summed E-state index contributed by atoms with van der Waals surface area (Å²) < 4.78 is 61.3. The van der Waals surface area contributed by atoms with Crippen LogP contribution < -0.4 is 0 Å². The van der Waals surface area contributed by atoms with Gasteiger partial charge in [-0.2, -0.15) is 0 Å². The van der Waals surface area contributed by atoms with Crippen molar-refractivity contribution in [3.05, 3.63) is 69.8 Å². The smallest absolute Gasteiger partial charge is 0.323 e. The predicted molar refractivity (Wildman–Crippen MR) is 193 cm³/mol. The van der Waals surface area contributed by atoms with Crippen molar-refractivity contribution < 1.29 is 42.1 Å². The van der Waals surface area contributed by atoms with Gasteiger partial charge < -0.3 is 14.9 Å². The Hall–Kier alpha value is -2.98. The van der Waals surface area contributed by atoms with E-state index in [1.165, 1.54) is 63.9 Å². The minimum Gasteiger partial charge on any atom is -0.480 e. The highest BCUT2D eigenvalue weighted by Crippen LogP contribution is 2.34. The summed E-state index contributed by atoms with van der Waals surface area (Å²) >= 11 is 0. The topological polar surface area (TPSA) is 87.1 Å². The van der Waals surface area contributed by atoms with Crippen LogP contribution in [0, 0.1) is 28.7 Å². The molecule has 2 aromatic rings. The Morgan fingerprint density at radius 3 is 1.47 bits per heavy atom. The second-order valence-electron chi connectivity index (χ2n) is 13.8. The summed E-state index contributed by atoms with van der Waals surface area (Å²) in [4.78, 5) is 25.8. The van der Waals surface area contributed by atoms with Gasteiger partial charge in [-0.3, -0.25) is 14.5 Å². The molecule has 288 valence electrons. The van der Waals surface area contributed by atoms with E-state index in [9.17, 15) is 32.3 Å². The number of rotatable bonds is 22. The Morgan fingerprint density at radius 1 is 0.647 bits per heavy atom. The molecule has 0 spiro atoms. The van der Waals surface area contributed by atoms with Crippen molar-refractivity contribution in [3.8, 4) is 0 Å². The van der Waals surface area contributed by atoms with Gasteiger partial charge >= 0.3 is 11.9 Å². The summed E-state index contributed by atoms with van der Waals surface area (Å²) in [5.74, 6) is -5.22. The van der Waals surface area contributed by atoms with E-state index in [0.29, 0.717) is 37.1 Å². The molecule has 0 aromatic heterocycles. The van der Waals surface area contributed by atoms with Crippen LogP contribution in [-0.4, -0.2) is 46.7 Å². The van der Waals surface area contributed by atoms with Crippen LogP contribution >= 0.6 is 0 Å². The first-order valence-corrected chi connectivity index (χ1v) is 19.2. The second-order valence-corrected chi connectivity index (χ2v) is 13.8. The van der Waals surface area contributed by atoms with Crippen molar-refractivity contribution in [3.63, 3.8) is 0 Å². The van der Waals surface area contributed by atoms with Gasteiger partial charge in [0.15, 0.2) is 28.7 Å². The van der Waals surface area contributed by atoms with Crippen LogP contribution in [-0.2, 0) is 40.3 Å². The highest BCUT2D eigenvalue weighted by Gasteiger charge is 2.49. The SMILES string of the molecule is CCCCCCCCCc1ccc(CN2CCC(C(=O)O)(C(=O)OCC)CC2)c(F)c1F.CCCCCCCCCc1ccc(CO)c(F)c1F. The summed E-state index contributed by atoms with van der Waals surface area (Å²) in [6.07, 6.45) is 17.3. The van der Waals surface area contributed by atoms with E-state index in [-0.39, 0.29) is 37.1 Å². The molecule has 0 aliphatic carbocycles. The van der Waals surface area contributed by atoms with E-state index >= 15 is 0 Å². The first-order valence-electron chi connectivity index (χ1n) is 19.2. The fraction of sp³-hybridized carbons (Fsp3) is 0.659. The van der Waals surface area contributed by atoms with Gasteiger partial charge in [-0.25, -0.2) is 17.6 Å². The number of carboxylic acid groups (broad SMARTS) is 1. The number of unbranched alkanes of at least 4 members (excludes halogenated alkanes) is 12. The number of piperidine rings is 1. The second kappa shape index (κ2) is 24.3. The van der Waals surface area contributed by atoms with E-state index in [2.05, 4.69) is 13.8 Å². The van der Waals surface area contributed by atoms with Crippen LogP contribution in [0.4, 0.5) is 17.6 Å². The first kappa shape index (κ1) is 44.2. The third-order valence-corrected chi connectivity index (χ3v) is 9.93. The minimum absolute atomic E-state index is 0.0285. The average molecular weight is 724 g/mol. The third-order valence-electron chi connectivity index (χ3n) is 9.93. The van der Waals surface area contributed by atoms with Gasteiger partial charge in [-0.1, -0.05) is 115 Å². The van der Waals surface area contributed by atoms with E-state index in [4.69, 9.17) is 9.84 Å². The van der Waals surface area contributed by atoms with Crippen molar-refractivity contribution in [2.24, 2.45) is 5.41 Å². The van der Waals surface area contributed by atoms with Gasteiger partial charge in [-0.15, -0.1) is 0 Å². The fourth-order valence-electron chi connectivity index (χ4n) is 6.54. The third kappa shape index (κ3) is 14.2. The fourth-order valence-corrected chi connectivity index (χ4v) is 6.54. The molecule has 0 amide bonds. The summed E-state index contributed by atoms with van der Waals surface area (Å²) in [6, 6.07) is 6.34. The Kier molecular flexibility index (Phi) is 21.0. The molecule has 0 atom stereocenters. The van der Waals surface area contributed by atoms with Crippen LogP contribution in [0.15, 0.2) is 24.3 Å². The van der Waals surface area contributed by atoms with Crippen molar-refractivity contribution in [2.45, 2.75) is 149 Å². The molecule has 0 radical (unpaired) electrons. The van der Waals surface area contributed by atoms with Crippen LogP contribution in [0.25, 0.3) is 0 Å². The number of carbonyl (C=O) groups excluding carboxylic acids is 1. The molecule has 0 unspecified atom stereocenters. The number of likely N-dealkylation sites (tertiary alicyclic amines) is 1. The Bertz CT molecular complexity index is 1330. The molecular formula is C41H61F4NO5. The lowest BCUT2D eigenvalue weighted by molar-refractivity contribution is -0.172.